The number of hydrogen-bond acceptors (Lipinski definition) is 6. The molecule has 0 atom stereocenters. The quantitative estimate of drug-likeness (QED) is 0.709. The third-order valence-electron chi connectivity index (χ3n) is 4.56. The van der Waals surface area contributed by atoms with Crippen molar-refractivity contribution in [2.24, 2.45) is 0 Å². The molecule has 8 nitrogen and oxygen atoms in total. The van der Waals surface area contributed by atoms with Crippen molar-refractivity contribution < 1.29 is 21.6 Å². The zero-order chi connectivity index (χ0) is 20.4. The van der Waals surface area contributed by atoms with E-state index in [1.165, 1.54) is 4.31 Å². The van der Waals surface area contributed by atoms with Crippen LogP contribution < -0.4 is 0 Å². The van der Waals surface area contributed by atoms with Gasteiger partial charge in [0.25, 0.3) is 0 Å². The predicted octanol–water partition coefficient (Wildman–Crippen LogP) is 1.61. The monoisotopic (exact) mass is 418 g/mol. The molecule has 0 N–H and O–H groups in total. The smallest absolute Gasteiger partial charge is 0.293 e. The molecule has 0 unspecified atom stereocenters. The summed E-state index contributed by atoms with van der Waals surface area (Å²) in [6, 6.07) is 3.58. The second-order valence-electron chi connectivity index (χ2n) is 6.52. The van der Waals surface area contributed by atoms with Crippen LogP contribution >= 0.6 is 0 Å². The minimum absolute atomic E-state index is 0.138. The number of hydrogen-bond donors (Lipinski definition) is 0. The third-order valence-corrected chi connectivity index (χ3v) is 6.47. The second-order valence-corrected chi connectivity index (χ2v) is 8.46. The molecule has 1 fully saturated rings. The standard InChI is InChI=1S/C16H21F3N6O2S/c1-2-7-25-15(20-21-22-25)12-23-8-10-24(11-9-23)28(26,27)14-5-3-13(4-6-14)16(17,18)19/h3-6H,2,7-12H2,1H3. The lowest BCUT2D eigenvalue weighted by Crippen LogP contribution is -2.48. The fraction of sp³-hybridized carbons (Fsp3) is 0.562. The summed E-state index contributed by atoms with van der Waals surface area (Å²) in [6.07, 6.45) is -3.60. The van der Waals surface area contributed by atoms with E-state index in [9.17, 15) is 21.6 Å². The molecule has 154 valence electrons. The van der Waals surface area contributed by atoms with Crippen LogP contribution in [0.5, 0.6) is 0 Å². The maximum atomic E-state index is 12.7. The molecular weight excluding hydrogens is 397 g/mol. The van der Waals surface area contributed by atoms with Crippen LogP contribution in [0.3, 0.4) is 0 Å². The molecule has 0 amide bonds. The molecule has 3 rings (SSSR count). The maximum Gasteiger partial charge on any atom is 0.416 e. The number of aryl methyl sites for hydroxylation is 1. The molecule has 0 aliphatic carbocycles. The summed E-state index contributed by atoms with van der Waals surface area (Å²) in [5.41, 5.74) is -0.874. The van der Waals surface area contributed by atoms with Crippen LogP contribution in [0.1, 0.15) is 24.7 Å². The van der Waals surface area contributed by atoms with Crippen molar-refractivity contribution in [2.45, 2.75) is 37.5 Å². The number of nitrogens with zero attached hydrogens (tertiary/aromatic N) is 6. The highest BCUT2D eigenvalue weighted by atomic mass is 32.2. The van der Waals surface area contributed by atoms with Crippen molar-refractivity contribution in [3.8, 4) is 0 Å². The summed E-state index contributed by atoms with van der Waals surface area (Å²) in [6.45, 7) is 4.72. The Bertz CT molecular complexity index is 890. The highest BCUT2D eigenvalue weighted by Gasteiger charge is 2.32. The van der Waals surface area contributed by atoms with Crippen molar-refractivity contribution in [1.82, 2.24) is 29.4 Å². The molecule has 0 saturated carbocycles. The molecule has 0 bridgehead atoms. The molecule has 0 radical (unpaired) electrons. The van der Waals surface area contributed by atoms with E-state index in [0.29, 0.717) is 26.2 Å². The first kappa shape index (κ1) is 20.7. The van der Waals surface area contributed by atoms with Gasteiger partial charge in [-0.3, -0.25) is 4.90 Å². The van der Waals surface area contributed by atoms with Crippen LogP contribution in [0.4, 0.5) is 13.2 Å². The number of alkyl halides is 3. The molecule has 2 aromatic rings. The van der Waals surface area contributed by atoms with Crippen LogP contribution in [0, 0.1) is 0 Å². The number of sulfonamides is 1. The minimum atomic E-state index is -4.50. The first-order valence-electron chi connectivity index (χ1n) is 8.86. The Labute approximate surface area is 161 Å². The van der Waals surface area contributed by atoms with Gasteiger partial charge in [-0.2, -0.15) is 17.5 Å². The first-order chi connectivity index (χ1) is 13.2. The fourth-order valence-corrected chi connectivity index (χ4v) is 4.44. The van der Waals surface area contributed by atoms with E-state index in [0.717, 1.165) is 36.5 Å². The molecule has 12 heteroatoms. The normalized spacial score (nSPS) is 17.1. The zero-order valence-corrected chi connectivity index (χ0v) is 16.1. The Morgan fingerprint density at radius 1 is 1.07 bits per heavy atom. The number of rotatable bonds is 6. The van der Waals surface area contributed by atoms with Gasteiger partial charge in [0.2, 0.25) is 10.0 Å². The van der Waals surface area contributed by atoms with E-state index < -0.39 is 21.8 Å². The van der Waals surface area contributed by atoms with Gasteiger partial charge in [0.15, 0.2) is 5.82 Å². The Balaban J connectivity index is 1.62. The number of aromatic nitrogens is 4. The van der Waals surface area contributed by atoms with Crippen LogP contribution in [0.25, 0.3) is 0 Å². The van der Waals surface area contributed by atoms with Gasteiger partial charge in [0, 0.05) is 32.7 Å². The molecule has 1 aliphatic rings. The molecule has 2 heterocycles. The van der Waals surface area contributed by atoms with Crippen molar-refractivity contribution in [2.75, 3.05) is 26.2 Å². The van der Waals surface area contributed by atoms with E-state index in [1.807, 2.05) is 6.92 Å². The summed E-state index contributed by atoms with van der Waals surface area (Å²) >= 11 is 0. The number of benzene rings is 1. The van der Waals surface area contributed by atoms with Crippen LogP contribution in [0.2, 0.25) is 0 Å². The van der Waals surface area contributed by atoms with Crippen LogP contribution in [-0.2, 0) is 29.3 Å². The highest BCUT2D eigenvalue weighted by Crippen LogP contribution is 2.30. The molecule has 1 aromatic heterocycles. The largest absolute Gasteiger partial charge is 0.416 e. The van der Waals surface area contributed by atoms with E-state index in [2.05, 4.69) is 20.4 Å². The molecule has 1 aliphatic heterocycles. The van der Waals surface area contributed by atoms with E-state index in [4.69, 9.17) is 0 Å². The van der Waals surface area contributed by atoms with E-state index in [-0.39, 0.29) is 18.0 Å². The predicted molar refractivity (Wildman–Crippen MR) is 93.6 cm³/mol. The van der Waals surface area contributed by atoms with Gasteiger partial charge in [-0.05, 0) is 41.1 Å². The lowest BCUT2D eigenvalue weighted by atomic mass is 10.2. The lowest BCUT2D eigenvalue weighted by Gasteiger charge is -2.33. The van der Waals surface area contributed by atoms with Crippen LogP contribution in [0.15, 0.2) is 29.2 Å². The second kappa shape index (κ2) is 8.13. The zero-order valence-electron chi connectivity index (χ0n) is 15.3. The van der Waals surface area contributed by atoms with E-state index in [1.54, 1.807) is 4.68 Å². The van der Waals surface area contributed by atoms with Gasteiger partial charge in [-0.25, -0.2) is 13.1 Å². The summed E-state index contributed by atoms with van der Waals surface area (Å²) < 4.78 is 66.4. The minimum Gasteiger partial charge on any atom is -0.293 e. The molecule has 0 spiro atoms. The Kier molecular flexibility index (Phi) is 6.01. The van der Waals surface area contributed by atoms with Gasteiger partial charge in [-0.15, -0.1) is 5.10 Å². The van der Waals surface area contributed by atoms with Gasteiger partial charge in [-0.1, -0.05) is 6.92 Å². The topological polar surface area (TPSA) is 84.2 Å². The van der Waals surface area contributed by atoms with Crippen molar-refractivity contribution >= 4 is 10.0 Å². The number of halogens is 3. The Morgan fingerprint density at radius 3 is 2.29 bits per heavy atom. The third kappa shape index (κ3) is 4.50. The van der Waals surface area contributed by atoms with E-state index >= 15 is 0 Å². The lowest BCUT2D eigenvalue weighted by molar-refractivity contribution is -0.137. The fourth-order valence-electron chi connectivity index (χ4n) is 3.01. The van der Waals surface area contributed by atoms with Crippen molar-refractivity contribution in [1.29, 1.82) is 0 Å². The van der Waals surface area contributed by atoms with Crippen molar-refractivity contribution in [3.05, 3.63) is 35.7 Å². The average Bonchev–Trinajstić information content (AvgIpc) is 3.09. The average molecular weight is 418 g/mol. The molecule has 1 aromatic carbocycles. The summed E-state index contributed by atoms with van der Waals surface area (Å²) in [5, 5.41) is 11.6. The molecular formula is C16H21F3N6O2S. The van der Waals surface area contributed by atoms with Gasteiger partial charge >= 0.3 is 6.18 Å². The number of piperazine rings is 1. The summed E-state index contributed by atoms with van der Waals surface area (Å²) in [4.78, 5) is 1.91. The van der Waals surface area contributed by atoms with Gasteiger partial charge < -0.3 is 0 Å². The SMILES string of the molecule is CCCn1nnnc1CN1CCN(S(=O)(=O)c2ccc(C(F)(F)F)cc2)CC1. The Hall–Kier alpha value is -2.05. The summed E-state index contributed by atoms with van der Waals surface area (Å²) in [5.74, 6) is 0.723. The highest BCUT2D eigenvalue weighted by molar-refractivity contribution is 7.89. The molecule has 1 saturated heterocycles. The van der Waals surface area contributed by atoms with Gasteiger partial charge in [0.05, 0.1) is 17.0 Å². The number of tetrazole rings is 1. The Morgan fingerprint density at radius 2 is 1.71 bits per heavy atom. The van der Waals surface area contributed by atoms with Crippen molar-refractivity contribution in [3.63, 3.8) is 0 Å². The van der Waals surface area contributed by atoms with Crippen LogP contribution in [-0.4, -0.2) is 64.0 Å². The first-order valence-corrected chi connectivity index (χ1v) is 10.3. The van der Waals surface area contributed by atoms with Gasteiger partial charge in [0.1, 0.15) is 0 Å². The summed E-state index contributed by atoms with van der Waals surface area (Å²) in [7, 11) is -3.83. The maximum absolute atomic E-state index is 12.7. The molecule has 28 heavy (non-hydrogen) atoms.